The number of nitro groups is 1. The van der Waals surface area contributed by atoms with Crippen LogP contribution in [0.1, 0.15) is 5.56 Å². The van der Waals surface area contributed by atoms with E-state index in [0.717, 1.165) is 0 Å². The zero-order chi connectivity index (χ0) is 14.7. The van der Waals surface area contributed by atoms with Gasteiger partial charge in [0.1, 0.15) is 0 Å². The molecular formula is C11H10BrN5O3. The van der Waals surface area contributed by atoms with E-state index >= 15 is 0 Å². The predicted molar refractivity (Wildman–Crippen MR) is 75.4 cm³/mol. The number of aryl methyl sites for hydroxylation is 1. The molecule has 104 valence electrons. The molecule has 0 fully saturated rings. The van der Waals surface area contributed by atoms with Crippen LogP contribution in [0.15, 0.2) is 28.9 Å². The molecule has 0 spiro atoms. The number of halogens is 1. The minimum Gasteiger partial charge on any atom is -0.430 e. The van der Waals surface area contributed by atoms with Crippen LogP contribution >= 0.6 is 15.9 Å². The van der Waals surface area contributed by atoms with Crippen LogP contribution in [0.25, 0.3) is 0 Å². The monoisotopic (exact) mass is 339 g/mol. The van der Waals surface area contributed by atoms with Gasteiger partial charge in [0.2, 0.25) is 17.6 Å². The zero-order valence-electron chi connectivity index (χ0n) is 10.3. The molecule has 9 heteroatoms. The van der Waals surface area contributed by atoms with E-state index in [1.54, 1.807) is 19.1 Å². The molecule has 0 unspecified atom stereocenters. The summed E-state index contributed by atoms with van der Waals surface area (Å²) in [5, 5.41) is 11.1. The van der Waals surface area contributed by atoms with E-state index in [1.807, 2.05) is 0 Å². The van der Waals surface area contributed by atoms with Gasteiger partial charge in [-0.15, -0.1) is 0 Å². The smallest absolute Gasteiger partial charge is 0.314 e. The molecule has 1 aromatic carbocycles. The molecule has 0 atom stereocenters. The number of rotatable bonds is 4. The highest BCUT2D eigenvalue weighted by atomic mass is 79.9. The maximum Gasteiger partial charge on any atom is 0.314 e. The second-order valence-electron chi connectivity index (χ2n) is 3.77. The van der Waals surface area contributed by atoms with Gasteiger partial charge in [0.25, 0.3) is 0 Å². The summed E-state index contributed by atoms with van der Waals surface area (Å²) in [5.41, 5.74) is 2.66. The molecule has 0 bridgehead atoms. The van der Waals surface area contributed by atoms with Crippen LogP contribution in [0.3, 0.4) is 0 Å². The molecule has 1 aromatic heterocycles. The van der Waals surface area contributed by atoms with Crippen LogP contribution < -0.4 is 16.0 Å². The first-order valence-electron chi connectivity index (χ1n) is 5.44. The summed E-state index contributed by atoms with van der Waals surface area (Å²) in [6, 6.07) is 4.79. The van der Waals surface area contributed by atoms with Crippen LogP contribution in [0.4, 0.5) is 11.6 Å². The number of ether oxygens (including phenoxy) is 1. The van der Waals surface area contributed by atoms with Crippen molar-refractivity contribution in [3.63, 3.8) is 0 Å². The fraction of sp³-hybridized carbons (Fsp3) is 0.0909. The summed E-state index contributed by atoms with van der Waals surface area (Å²) in [5.74, 6) is 5.57. The number of hydrazine groups is 1. The van der Waals surface area contributed by atoms with Gasteiger partial charge >= 0.3 is 5.69 Å². The SMILES string of the molecule is Cc1cccc(Oc2nc(NN)ncc2Br)c1[N+](=O)[O-]. The van der Waals surface area contributed by atoms with Crippen molar-refractivity contribution in [2.24, 2.45) is 5.84 Å². The van der Waals surface area contributed by atoms with Gasteiger partial charge in [-0.25, -0.2) is 10.8 Å². The molecule has 0 amide bonds. The number of para-hydroxylation sites is 1. The van der Waals surface area contributed by atoms with Crippen LogP contribution in [-0.4, -0.2) is 14.9 Å². The fourth-order valence-electron chi connectivity index (χ4n) is 1.55. The van der Waals surface area contributed by atoms with Gasteiger partial charge in [-0.1, -0.05) is 12.1 Å². The normalized spacial score (nSPS) is 10.2. The van der Waals surface area contributed by atoms with Gasteiger partial charge in [-0.3, -0.25) is 15.5 Å². The lowest BCUT2D eigenvalue weighted by atomic mass is 10.2. The predicted octanol–water partition coefficient (Wildman–Crippen LogP) is 2.53. The number of nitrogens with zero attached hydrogens (tertiary/aromatic N) is 3. The minimum absolute atomic E-state index is 0.0948. The third-order valence-corrected chi connectivity index (χ3v) is 2.97. The van der Waals surface area contributed by atoms with Crippen LogP contribution in [0.5, 0.6) is 11.6 Å². The molecule has 0 saturated heterocycles. The molecule has 0 aliphatic heterocycles. The first-order valence-corrected chi connectivity index (χ1v) is 6.23. The van der Waals surface area contributed by atoms with E-state index in [9.17, 15) is 10.1 Å². The quantitative estimate of drug-likeness (QED) is 0.499. The van der Waals surface area contributed by atoms with Crippen molar-refractivity contribution in [2.75, 3.05) is 5.43 Å². The molecule has 20 heavy (non-hydrogen) atoms. The lowest BCUT2D eigenvalue weighted by Gasteiger charge is -2.09. The fourth-order valence-corrected chi connectivity index (χ4v) is 1.82. The van der Waals surface area contributed by atoms with Crippen LogP contribution in [0.2, 0.25) is 0 Å². The topological polar surface area (TPSA) is 116 Å². The van der Waals surface area contributed by atoms with Crippen molar-refractivity contribution in [3.05, 3.63) is 44.5 Å². The first kappa shape index (κ1) is 14.2. The van der Waals surface area contributed by atoms with E-state index in [1.165, 1.54) is 12.3 Å². The van der Waals surface area contributed by atoms with Gasteiger partial charge in [0.05, 0.1) is 15.6 Å². The second-order valence-corrected chi connectivity index (χ2v) is 4.63. The zero-order valence-corrected chi connectivity index (χ0v) is 11.9. The van der Waals surface area contributed by atoms with E-state index in [2.05, 4.69) is 31.3 Å². The number of hydrogen-bond acceptors (Lipinski definition) is 7. The van der Waals surface area contributed by atoms with E-state index in [4.69, 9.17) is 10.6 Å². The Kier molecular flexibility index (Phi) is 4.11. The maximum absolute atomic E-state index is 11.1. The Morgan fingerprint density at radius 2 is 2.25 bits per heavy atom. The number of nitrogens with two attached hydrogens (primary N) is 1. The standard InChI is InChI=1S/C11H10BrN5O3/c1-6-3-2-4-8(9(6)17(18)19)20-10-7(12)5-14-11(15-10)16-13/h2-5H,13H2,1H3,(H,14,15,16). The Balaban J connectivity index is 2.45. The van der Waals surface area contributed by atoms with Gasteiger partial charge in [-0.2, -0.15) is 4.98 Å². The molecule has 2 rings (SSSR count). The number of nitro benzene ring substituents is 1. The Morgan fingerprint density at radius 1 is 1.50 bits per heavy atom. The lowest BCUT2D eigenvalue weighted by molar-refractivity contribution is -0.386. The van der Waals surface area contributed by atoms with E-state index in [0.29, 0.717) is 10.0 Å². The molecule has 3 N–H and O–H groups in total. The molecule has 0 aliphatic carbocycles. The largest absolute Gasteiger partial charge is 0.430 e. The van der Waals surface area contributed by atoms with Crippen molar-refractivity contribution >= 4 is 27.6 Å². The number of aromatic nitrogens is 2. The van der Waals surface area contributed by atoms with Crippen LogP contribution in [-0.2, 0) is 0 Å². The summed E-state index contributed by atoms with van der Waals surface area (Å²) in [6.45, 7) is 1.63. The summed E-state index contributed by atoms with van der Waals surface area (Å²) in [6.07, 6.45) is 1.43. The van der Waals surface area contributed by atoms with Crippen molar-refractivity contribution < 1.29 is 9.66 Å². The van der Waals surface area contributed by atoms with Gasteiger partial charge < -0.3 is 4.74 Å². The molecule has 8 nitrogen and oxygen atoms in total. The maximum atomic E-state index is 11.1. The molecular weight excluding hydrogens is 330 g/mol. The summed E-state index contributed by atoms with van der Waals surface area (Å²) in [4.78, 5) is 18.4. The average molecular weight is 340 g/mol. The van der Waals surface area contributed by atoms with Crippen molar-refractivity contribution in [1.29, 1.82) is 0 Å². The Bertz CT molecular complexity index is 665. The van der Waals surface area contributed by atoms with Gasteiger partial charge in [0, 0.05) is 5.56 Å². The minimum atomic E-state index is -0.498. The van der Waals surface area contributed by atoms with E-state index < -0.39 is 4.92 Å². The molecule has 1 heterocycles. The molecule has 0 radical (unpaired) electrons. The summed E-state index contributed by atoms with van der Waals surface area (Å²) < 4.78 is 5.94. The number of benzene rings is 1. The summed E-state index contributed by atoms with van der Waals surface area (Å²) >= 11 is 3.21. The lowest BCUT2D eigenvalue weighted by Crippen LogP contribution is -2.10. The van der Waals surface area contributed by atoms with Gasteiger partial charge in [-0.05, 0) is 28.9 Å². The molecule has 0 aliphatic rings. The number of anilines is 1. The molecule has 2 aromatic rings. The number of nitrogen functional groups attached to an aromatic ring is 1. The van der Waals surface area contributed by atoms with Crippen molar-refractivity contribution in [1.82, 2.24) is 9.97 Å². The van der Waals surface area contributed by atoms with E-state index in [-0.39, 0.29) is 23.3 Å². The first-order chi connectivity index (χ1) is 9.52. The Hall–Kier alpha value is -2.26. The second kappa shape index (κ2) is 5.80. The van der Waals surface area contributed by atoms with Crippen LogP contribution in [0, 0.1) is 17.0 Å². The summed E-state index contributed by atoms with van der Waals surface area (Å²) in [7, 11) is 0. The Labute approximate surface area is 122 Å². The van der Waals surface area contributed by atoms with Crippen molar-refractivity contribution in [2.45, 2.75) is 6.92 Å². The molecule has 0 saturated carbocycles. The average Bonchev–Trinajstić information content (AvgIpc) is 2.41. The third kappa shape index (κ3) is 2.83. The highest BCUT2D eigenvalue weighted by Crippen LogP contribution is 2.35. The highest BCUT2D eigenvalue weighted by Gasteiger charge is 2.20. The van der Waals surface area contributed by atoms with Crippen molar-refractivity contribution in [3.8, 4) is 11.6 Å². The van der Waals surface area contributed by atoms with Gasteiger partial charge in [0.15, 0.2) is 0 Å². The Morgan fingerprint density at radius 3 is 2.90 bits per heavy atom. The third-order valence-electron chi connectivity index (χ3n) is 2.43. The highest BCUT2D eigenvalue weighted by molar-refractivity contribution is 9.10. The number of nitrogens with one attached hydrogen (secondary N) is 1. The number of hydrogen-bond donors (Lipinski definition) is 2.